The molecule has 0 radical (unpaired) electrons. The number of aromatic carboxylic acids is 1. The van der Waals surface area contributed by atoms with Crippen molar-refractivity contribution in [3.8, 4) is 5.75 Å². The lowest BCUT2D eigenvalue weighted by molar-refractivity contribution is 0.0697. The maximum atomic E-state index is 13.9. The highest BCUT2D eigenvalue weighted by Crippen LogP contribution is 2.22. The van der Waals surface area contributed by atoms with E-state index in [0.29, 0.717) is 11.4 Å². The van der Waals surface area contributed by atoms with Crippen molar-refractivity contribution in [3.63, 3.8) is 0 Å². The van der Waals surface area contributed by atoms with Crippen LogP contribution in [0.1, 0.15) is 10.4 Å². The van der Waals surface area contributed by atoms with Crippen molar-refractivity contribution in [3.05, 3.63) is 66.1 Å². The molecule has 0 unspecified atom stereocenters. The SMILES string of the molecule is O=C(O)c1cccc(Nc2ncc(F)c(Nc3ccc(O)cc3)n2)c1. The van der Waals surface area contributed by atoms with Crippen LogP contribution in [0.5, 0.6) is 5.75 Å². The van der Waals surface area contributed by atoms with Crippen molar-refractivity contribution in [2.45, 2.75) is 0 Å². The van der Waals surface area contributed by atoms with E-state index in [1.54, 1.807) is 24.3 Å². The monoisotopic (exact) mass is 340 g/mol. The number of carboxylic acid groups (broad SMARTS) is 1. The summed E-state index contributed by atoms with van der Waals surface area (Å²) in [6.07, 6.45) is 0.999. The highest BCUT2D eigenvalue weighted by atomic mass is 19.1. The number of nitrogens with zero attached hydrogens (tertiary/aromatic N) is 2. The van der Waals surface area contributed by atoms with Gasteiger partial charge in [0.15, 0.2) is 11.6 Å². The summed E-state index contributed by atoms with van der Waals surface area (Å²) in [4.78, 5) is 18.9. The topological polar surface area (TPSA) is 107 Å². The van der Waals surface area contributed by atoms with Crippen LogP contribution in [0.3, 0.4) is 0 Å². The molecule has 0 atom stereocenters. The Morgan fingerprint density at radius 2 is 1.80 bits per heavy atom. The van der Waals surface area contributed by atoms with Gasteiger partial charge in [0.2, 0.25) is 5.95 Å². The fourth-order valence-corrected chi connectivity index (χ4v) is 2.06. The number of anilines is 4. The van der Waals surface area contributed by atoms with E-state index in [1.807, 2.05) is 0 Å². The van der Waals surface area contributed by atoms with Crippen LogP contribution in [-0.4, -0.2) is 26.2 Å². The molecule has 0 fully saturated rings. The number of aromatic hydroxyl groups is 1. The van der Waals surface area contributed by atoms with Gasteiger partial charge in [-0.25, -0.2) is 14.2 Å². The van der Waals surface area contributed by atoms with Crippen LogP contribution in [0, 0.1) is 5.82 Å². The quantitative estimate of drug-likeness (QED) is 0.526. The van der Waals surface area contributed by atoms with Crippen LogP contribution >= 0.6 is 0 Å². The van der Waals surface area contributed by atoms with E-state index in [2.05, 4.69) is 20.6 Å². The zero-order chi connectivity index (χ0) is 17.8. The summed E-state index contributed by atoms with van der Waals surface area (Å²) in [5.41, 5.74) is 1.10. The molecule has 0 saturated carbocycles. The van der Waals surface area contributed by atoms with E-state index < -0.39 is 11.8 Å². The van der Waals surface area contributed by atoms with Gasteiger partial charge in [-0.2, -0.15) is 4.98 Å². The first-order valence-electron chi connectivity index (χ1n) is 7.20. The van der Waals surface area contributed by atoms with Crippen LogP contribution < -0.4 is 10.6 Å². The van der Waals surface area contributed by atoms with Crippen molar-refractivity contribution in [1.82, 2.24) is 9.97 Å². The molecule has 8 heteroatoms. The van der Waals surface area contributed by atoms with Crippen LogP contribution in [0.15, 0.2) is 54.7 Å². The molecule has 3 rings (SSSR count). The Hall–Kier alpha value is -3.68. The maximum Gasteiger partial charge on any atom is 0.335 e. The normalized spacial score (nSPS) is 10.3. The first-order valence-corrected chi connectivity index (χ1v) is 7.20. The predicted octanol–water partition coefficient (Wildman–Crippen LogP) is 3.51. The second kappa shape index (κ2) is 6.83. The predicted molar refractivity (Wildman–Crippen MR) is 90.1 cm³/mol. The average Bonchev–Trinajstić information content (AvgIpc) is 2.60. The number of phenolic OH excluding ortho intramolecular Hbond substituents is 1. The maximum absolute atomic E-state index is 13.9. The highest BCUT2D eigenvalue weighted by Gasteiger charge is 2.09. The molecule has 0 saturated heterocycles. The number of aromatic nitrogens is 2. The van der Waals surface area contributed by atoms with E-state index in [1.165, 1.54) is 24.3 Å². The van der Waals surface area contributed by atoms with Crippen molar-refractivity contribution in [2.24, 2.45) is 0 Å². The van der Waals surface area contributed by atoms with Crippen molar-refractivity contribution < 1.29 is 19.4 Å². The third-order valence-electron chi connectivity index (χ3n) is 3.24. The summed E-state index contributed by atoms with van der Waals surface area (Å²) >= 11 is 0. The van der Waals surface area contributed by atoms with E-state index in [9.17, 15) is 14.3 Å². The average molecular weight is 340 g/mol. The van der Waals surface area contributed by atoms with Gasteiger partial charge in [-0.15, -0.1) is 0 Å². The Labute approximate surface area is 141 Å². The molecule has 0 aliphatic heterocycles. The van der Waals surface area contributed by atoms with E-state index >= 15 is 0 Å². The van der Waals surface area contributed by atoms with Gasteiger partial charge in [0.05, 0.1) is 11.8 Å². The lowest BCUT2D eigenvalue weighted by atomic mass is 10.2. The van der Waals surface area contributed by atoms with Gasteiger partial charge >= 0.3 is 5.97 Å². The van der Waals surface area contributed by atoms with Crippen molar-refractivity contribution in [1.29, 1.82) is 0 Å². The lowest BCUT2D eigenvalue weighted by Crippen LogP contribution is -2.04. The van der Waals surface area contributed by atoms with Crippen LogP contribution in [0.25, 0.3) is 0 Å². The van der Waals surface area contributed by atoms with Crippen LogP contribution in [-0.2, 0) is 0 Å². The number of phenols is 1. The molecular weight excluding hydrogens is 327 g/mol. The number of hydrogen-bond acceptors (Lipinski definition) is 6. The summed E-state index contributed by atoms with van der Waals surface area (Å²) < 4.78 is 13.9. The summed E-state index contributed by atoms with van der Waals surface area (Å²) in [6, 6.07) is 12.1. The number of benzene rings is 2. The van der Waals surface area contributed by atoms with E-state index in [-0.39, 0.29) is 23.1 Å². The smallest absolute Gasteiger partial charge is 0.335 e. The second-order valence-electron chi connectivity index (χ2n) is 5.07. The number of halogens is 1. The molecule has 1 aromatic heterocycles. The Balaban J connectivity index is 1.82. The van der Waals surface area contributed by atoms with Gasteiger partial charge in [0.1, 0.15) is 5.75 Å². The van der Waals surface area contributed by atoms with Gasteiger partial charge in [-0.3, -0.25) is 0 Å². The minimum atomic E-state index is -1.06. The third kappa shape index (κ3) is 3.99. The van der Waals surface area contributed by atoms with Gasteiger partial charge in [0, 0.05) is 11.4 Å². The Bertz CT molecular complexity index is 916. The van der Waals surface area contributed by atoms with Crippen molar-refractivity contribution in [2.75, 3.05) is 10.6 Å². The Morgan fingerprint density at radius 3 is 2.52 bits per heavy atom. The number of carboxylic acids is 1. The van der Waals surface area contributed by atoms with Gasteiger partial charge < -0.3 is 20.8 Å². The second-order valence-corrected chi connectivity index (χ2v) is 5.07. The molecule has 7 nitrogen and oxygen atoms in total. The number of hydrogen-bond donors (Lipinski definition) is 4. The molecule has 4 N–H and O–H groups in total. The zero-order valence-electron chi connectivity index (χ0n) is 12.8. The molecule has 0 amide bonds. The van der Waals surface area contributed by atoms with Gasteiger partial charge in [-0.05, 0) is 42.5 Å². The largest absolute Gasteiger partial charge is 0.508 e. The molecule has 126 valence electrons. The number of carbonyl (C=O) groups is 1. The van der Waals surface area contributed by atoms with Crippen molar-refractivity contribution >= 4 is 29.1 Å². The third-order valence-corrected chi connectivity index (χ3v) is 3.24. The fourth-order valence-electron chi connectivity index (χ4n) is 2.06. The standard InChI is InChI=1S/C17H13FN4O3/c18-14-9-19-17(21-12-3-1-2-10(8-12)16(24)25)22-15(14)20-11-4-6-13(23)7-5-11/h1-9,23H,(H,24,25)(H2,19,20,21,22). The molecule has 1 heterocycles. The fraction of sp³-hybridized carbons (Fsp3) is 0. The van der Waals surface area contributed by atoms with Crippen LogP contribution in [0.2, 0.25) is 0 Å². The van der Waals surface area contributed by atoms with E-state index in [4.69, 9.17) is 5.11 Å². The molecule has 0 bridgehead atoms. The minimum absolute atomic E-state index is 0.0578. The summed E-state index contributed by atoms with van der Waals surface area (Å²) in [7, 11) is 0. The first kappa shape index (κ1) is 16.2. The molecule has 25 heavy (non-hydrogen) atoms. The Kier molecular flexibility index (Phi) is 4.42. The highest BCUT2D eigenvalue weighted by molar-refractivity contribution is 5.89. The van der Waals surface area contributed by atoms with Gasteiger partial charge in [-0.1, -0.05) is 6.07 Å². The molecule has 0 spiro atoms. The first-order chi connectivity index (χ1) is 12.0. The number of rotatable bonds is 5. The molecular formula is C17H13FN4O3. The van der Waals surface area contributed by atoms with Crippen LogP contribution in [0.4, 0.5) is 27.5 Å². The molecule has 3 aromatic rings. The molecule has 2 aromatic carbocycles. The Morgan fingerprint density at radius 1 is 1.04 bits per heavy atom. The minimum Gasteiger partial charge on any atom is -0.508 e. The summed E-state index contributed by atoms with van der Waals surface area (Å²) in [5, 5.41) is 23.9. The number of nitrogens with one attached hydrogen (secondary N) is 2. The summed E-state index contributed by atoms with van der Waals surface area (Å²) in [6.45, 7) is 0. The van der Waals surface area contributed by atoms with Gasteiger partial charge in [0.25, 0.3) is 0 Å². The summed E-state index contributed by atoms with van der Waals surface area (Å²) in [5.74, 6) is -1.58. The zero-order valence-corrected chi connectivity index (χ0v) is 12.8. The molecule has 0 aliphatic rings. The van der Waals surface area contributed by atoms with E-state index in [0.717, 1.165) is 6.20 Å². The molecule has 0 aliphatic carbocycles. The lowest BCUT2D eigenvalue weighted by Gasteiger charge is -2.10.